The largest absolute Gasteiger partial charge is 0.493 e. The van der Waals surface area contributed by atoms with Gasteiger partial charge in [-0.25, -0.2) is 0 Å². The van der Waals surface area contributed by atoms with Gasteiger partial charge in [-0.1, -0.05) is 5.16 Å². The van der Waals surface area contributed by atoms with Crippen LogP contribution >= 0.6 is 0 Å². The van der Waals surface area contributed by atoms with E-state index in [9.17, 15) is 4.79 Å². The van der Waals surface area contributed by atoms with Crippen LogP contribution in [0.15, 0.2) is 29.4 Å². The molecule has 1 aromatic carbocycles. The molecule has 0 atom stereocenters. The number of nitrogens with zero attached hydrogens (tertiary/aromatic N) is 1. The molecule has 0 aliphatic carbocycles. The van der Waals surface area contributed by atoms with Gasteiger partial charge < -0.3 is 15.3 Å². The molecule has 0 spiro atoms. The minimum absolute atomic E-state index is 0.0163. The Bertz CT molecular complexity index is 413. The van der Waals surface area contributed by atoms with E-state index in [1.54, 1.807) is 31.2 Å². The molecule has 0 bridgehead atoms. The summed E-state index contributed by atoms with van der Waals surface area (Å²) in [5.41, 5.74) is 1.37. The lowest BCUT2D eigenvalue weighted by molar-refractivity contribution is -0.121. The number of nitrogens with one attached hydrogen (secondary N) is 1. The molecule has 5 heteroatoms. The number of carbonyl (C=O) groups is 1. The van der Waals surface area contributed by atoms with Gasteiger partial charge in [0.25, 0.3) is 0 Å². The molecule has 0 aliphatic heterocycles. The number of carbonyl (C=O) groups excluding carboxylic acids is 1. The summed E-state index contributed by atoms with van der Waals surface area (Å²) >= 11 is 0. The van der Waals surface area contributed by atoms with Gasteiger partial charge in [0.1, 0.15) is 5.75 Å². The van der Waals surface area contributed by atoms with Crippen molar-refractivity contribution in [1.82, 2.24) is 5.32 Å². The first-order chi connectivity index (χ1) is 8.67. The molecule has 0 radical (unpaired) electrons. The molecule has 1 amide bonds. The van der Waals surface area contributed by atoms with Crippen molar-refractivity contribution in [3.05, 3.63) is 29.8 Å². The average molecular weight is 250 g/mol. The van der Waals surface area contributed by atoms with Gasteiger partial charge in [-0.2, -0.15) is 0 Å². The molecule has 0 saturated heterocycles. The van der Waals surface area contributed by atoms with E-state index in [-0.39, 0.29) is 5.91 Å². The first-order valence-electron chi connectivity index (χ1n) is 5.86. The lowest BCUT2D eigenvalue weighted by atomic mass is 10.1. The van der Waals surface area contributed by atoms with Crippen molar-refractivity contribution in [3.63, 3.8) is 0 Å². The number of hydrogen-bond acceptors (Lipinski definition) is 4. The Hall–Kier alpha value is -2.04. The number of oxime groups is 1. The first kappa shape index (κ1) is 14.0. The summed E-state index contributed by atoms with van der Waals surface area (Å²) in [5.74, 6) is 0.672. The number of rotatable bonds is 6. The zero-order valence-corrected chi connectivity index (χ0v) is 10.6. The van der Waals surface area contributed by atoms with Crippen LogP contribution in [-0.4, -0.2) is 30.0 Å². The molecule has 0 saturated carbocycles. The van der Waals surface area contributed by atoms with Crippen molar-refractivity contribution in [3.8, 4) is 5.75 Å². The third-order valence-electron chi connectivity index (χ3n) is 2.39. The third-order valence-corrected chi connectivity index (χ3v) is 2.39. The topological polar surface area (TPSA) is 70.9 Å². The highest BCUT2D eigenvalue weighted by Crippen LogP contribution is 2.13. The van der Waals surface area contributed by atoms with Crippen LogP contribution in [0.1, 0.15) is 25.8 Å². The maximum Gasteiger partial charge on any atom is 0.223 e. The van der Waals surface area contributed by atoms with Crippen LogP contribution in [0.2, 0.25) is 0 Å². The Labute approximate surface area is 106 Å². The maximum atomic E-state index is 11.2. The normalized spacial score (nSPS) is 11.1. The third kappa shape index (κ3) is 4.45. The second-order valence-corrected chi connectivity index (χ2v) is 3.76. The first-order valence-corrected chi connectivity index (χ1v) is 5.86. The number of amides is 1. The van der Waals surface area contributed by atoms with Crippen LogP contribution in [-0.2, 0) is 4.79 Å². The van der Waals surface area contributed by atoms with E-state index in [1.807, 2.05) is 6.92 Å². The van der Waals surface area contributed by atoms with Crippen LogP contribution < -0.4 is 10.1 Å². The number of benzene rings is 1. The van der Waals surface area contributed by atoms with Gasteiger partial charge in [-0.05, 0) is 43.7 Å². The van der Waals surface area contributed by atoms with E-state index in [4.69, 9.17) is 9.94 Å². The van der Waals surface area contributed by atoms with Gasteiger partial charge >= 0.3 is 0 Å². The maximum absolute atomic E-state index is 11.2. The van der Waals surface area contributed by atoms with E-state index in [1.165, 1.54) is 0 Å². The van der Waals surface area contributed by atoms with E-state index >= 15 is 0 Å². The summed E-state index contributed by atoms with van der Waals surface area (Å²) in [6.45, 7) is 4.57. The van der Waals surface area contributed by atoms with Crippen LogP contribution in [0, 0.1) is 0 Å². The molecule has 0 fully saturated rings. The van der Waals surface area contributed by atoms with Gasteiger partial charge in [-0.15, -0.1) is 0 Å². The fourth-order valence-corrected chi connectivity index (χ4v) is 1.40. The van der Waals surface area contributed by atoms with Gasteiger partial charge in [-0.3, -0.25) is 4.79 Å². The molecule has 1 aromatic rings. The summed E-state index contributed by atoms with van der Waals surface area (Å²) in [6, 6.07) is 7.16. The highest BCUT2D eigenvalue weighted by Gasteiger charge is 2.01. The zero-order valence-electron chi connectivity index (χ0n) is 10.6. The molecule has 0 aromatic heterocycles. The Morgan fingerprint density at radius 3 is 2.61 bits per heavy atom. The van der Waals surface area contributed by atoms with Crippen LogP contribution in [0.4, 0.5) is 0 Å². The van der Waals surface area contributed by atoms with Gasteiger partial charge in [0.15, 0.2) is 0 Å². The molecule has 5 nitrogen and oxygen atoms in total. The number of hydrogen-bond donors (Lipinski definition) is 2. The molecule has 0 unspecified atom stereocenters. The smallest absolute Gasteiger partial charge is 0.223 e. The molecule has 0 heterocycles. The number of ether oxygens (including phenoxy) is 1. The second-order valence-electron chi connectivity index (χ2n) is 3.76. The minimum atomic E-state index is -0.0163. The lowest BCUT2D eigenvalue weighted by Gasteiger charge is -2.07. The summed E-state index contributed by atoms with van der Waals surface area (Å²) in [6.07, 6.45) is 0.340. The molecule has 1 rings (SSSR count). The molecule has 18 heavy (non-hydrogen) atoms. The second kappa shape index (κ2) is 7.32. The van der Waals surface area contributed by atoms with Gasteiger partial charge in [0.2, 0.25) is 5.91 Å². The Morgan fingerprint density at radius 2 is 2.06 bits per heavy atom. The van der Waals surface area contributed by atoms with E-state index in [0.29, 0.717) is 31.0 Å². The van der Waals surface area contributed by atoms with Crippen molar-refractivity contribution >= 4 is 11.6 Å². The van der Waals surface area contributed by atoms with E-state index in [2.05, 4.69) is 10.5 Å². The molecule has 0 aliphatic rings. The van der Waals surface area contributed by atoms with Crippen molar-refractivity contribution in [2.24, 2.45) is 5.16 Å². The Kier molecular flexibility index (Phi) is 5.70. The van der Waals surface area contributed by atoms with Crippen LogP contribution in [0.5, 0.6) is 5.75 Å². The molecule has 98 valence electrons. The van der Waals surface area contributed by atoms with Crippen molar-refractivity contribution in [1.29, 1.82) is 0 Å². The van der Waals surface area contributed by atoms with Crippen LogP contribution in [0.3, 0.4) is 0 Å². The summed E-state index contributed by atoms with van der Waals surface area (Å²) in [4.78, 5) is 11.2. The predicted octanol–water partition coefficient (Wildman–Crippen LogP) is 1.79. The lowest BCUT2D eigenvalue weighted by Crippen LogP contribution is -2.24. The highest BCUT2D eigenvalue weighted by molar-refractivity contribution is 5.98. The zero-order chi connectivity index (χ0) is 13.4. The average Bonchev–Trinajstić information content (AvgIpc) is 2.39. The monoisotopic (exact) mass is 250 g/mol. The fourth-order valence-electron chi connectivity index (χ4n) is 1.40. The van der Waals surface area contributed by atoms with E-state index < -0.39 is 0 Å². The molecule has 2 N–H and O–H groups in total. The minimum Gasteiger partial charge on any atom is -0.493 e. The van der Waals surface area contributed by atoms with Gasteiger partial charge in [0, 0.05) is 6.54 Å². The quantitative estimate of drug-likeness (QED) is 0.459. The van der Waals surface area contributed by atoms with Gasteiger partial charge in [0.05, 0.1) is 18.7 Å². The summed E-state index contributed by atoms with van der Waals surface area (Å²) < 4.78 is 5.43. The fraction of sp³-hybridized carbons (Fsp3) is 0.385. The standard InChI is InChI=1S/C13H18N2O3/c1-3-14-13(16)8-9-18-12-6-4-11(5-7-12)10(2)15-17/h4-7,17H,3,8-9H2,1-2H3,(H,14,16). The summed E-state index contributed by atoms with van der Waals surface area (Å²) in [7, 11) is 0. The van der Waals surface area contributed by atoms with Crippen molar-refractivity contribution < 1.29 is 14.7 Å². The SMILES string of the molecule is CCNC(=O)CCOc1ccc(C(C)=NO)cc1. The molecular formula is C13H18N2O3. The van der Waals surface area contributed by atoms with Crippen molar-refractivity contribution in [2.45, 2.75) is 20.3 Å². The van der Waals surface area contributed by atoms with Crippen molar-refractivity contribution in [2.75, 3.05) is 13.2 Å². The highest BCUT2D eigenvalue weighted by atomic mass is 16.5. The van der Waals surface area contributed by atoms with E-state index in [0.717, 1.165) is 5.56 Å². The Balaban J connectivity index is 2.42. The summed E-state index contributed by atoms with van der Waals surface area (Å²) in [5, 5.41) is 14.4. The van der Waals surface area contributed by atoms with Crippen LogP contribution in [0.25, 0.3) is 0 Å². The Morgan fingerprint density at radius 1 is 1.39 bits per heavy atom. The predicted molar refractivity (Wildman–Crippen MR) is 69.2 cm³/mol. The molecular weight excluding hydrogens is 232 g/mol.